The molecule has 2 aromatic heterocycles. The maximum atomic E-state index is 12.9. The van der Waals surface area contributed by atoms with Gasteiger partial charge >= 0.3 is 0 Å². The fourth-order valence-electron chi connectivity index (χ4n) is 3.92. The van der Waals surface area contributed by atoms with Crippen LogP contribution in [0.5, 0.6) is 0 Å². The Bertz CT molecular complexity index is 1300. The van der Waals surface area contributed by atoms with Crippen LogP contribution in [0.2, 0.25) is 5.02 Å². The molecular formula is C22H20ClN7OS. The smallest absolute Gasteiger partial charge is 0.249 e. The van der Waals surface area contributed by atoms with E-state index in [1.165, 1.54) is 0 Å². The van der Waals surface area contributed by atoms with Crippen LogP contribution in [-0.4, -0.2) is 30.8 Å². The number of rotatable bonds is 3. The van der Waals surface area contributed by atoms with E-state index < -0.39 is 0 Å². The summed E-state index contributed by atoms with van der Waals surface area (Å²) in [6.45, 7) is 0.849. The van der Waals surface area contributed by atoms with Gasteiger partial charge in [0.2, 0.25) is 5.91 Å². The molecule has 5 rings (SSSR count). The summed E-state index contributed by atoms with van der Waals surface area (Å²) in [6.07, 6.45) is 5.29. The number of thiocarbonyl (C=S) groups is 1. The zero-order chi connectivity index (χ0) is 22.1. The lowest BCUT2D eigenvalue weighted by atomic mass is 9.98. The van der Waals surface area contributed by atoms with E-state index in [9.17, 15) is 4.79 Å². The summed E-state index contributed by atoms with van der Waals surface area (Å²) in [7, 11) is 0. The molecule has 0 saturated carbocycles. The van der Waals surface area contributed by atoms with E-state index in [1.54, 1.807) is 12.3 Å². The molecule has 0 bridgehead atoms. The number of nitrogens with one attached hydrogen (secondary N) is 4. The minimum absolute atomic E-state index is 0.184. The second-order valence-electron chi connectivity index (χ2n) is 7.57. The predicted octanol–water partition coefficient (Wildman–Crippen LogP) is 3.98. The summed E-state index contributed by atoms with van der Waals surface area (Å²) >= 11 is 11.7. The lowest BCUT2D eigenvalue weighted by molar-refractivity contribution is -0.123. The molecule has 4 N–H and O–H groups in total. The van der Waals surface area contributed by atoms with Crippen molar-refractivity contribution in [3.8, 4) is 11.3 Å². The molecular weight excluding hydrogens is 446 g/mol. The number of aromatic nitrogens is 4. The molecule has 2 aromatic carbocycles. The maximum Gasteiger partial charge on any atom is 0.249 e. The Morgan fingerprint density at radius 2 is 2.03 bits per heavy atom. The highest BCUT2D eigenvalue weighted by Gasteiger charge is 2.29. The second kappa shape index (κ2) is 8.60. The summed E-state index contributed by atoms with van der Waals surface area (Å²) < 4.78 is 2.06. The van der Waals surface area contributed by atoms with Crippen LogP contribution in [0.1, 0.15) is 24.6 Å². The number of carbonyl (C=O) groups excluding carboxylic acids is 1. The Labute approximate surface area is 194 Å². The monoisotopic (exact) mass is 465 g/mol. The van der Waals surface area contributed by atoms with Crippen LogP contribution >= 0.6 is 23.8 Å². The van der Waals surface area contributed by atoms with E-state index in [2.05, 4.69) is 30.9 Å². The van der Waals surface area contributed by atoms with Crippen molar-refractivity contribution in [3.63, 3.8) is 0 Å². The number of benzene rings is 2. The first kappa shape index (κ1) is 20.5. The summed E-state index contributed by atoms with van der Waals surface area (Å²) in [5, 5.41) is 11.4. The van der Waals surface area contributed by atoms with Crippen LogP contribution in [0.4, 0.5) is 5.69 Å². The SMILES string of the molecule is O=C(NNC(=S)Nc1ccc2[nH]ncc2c1Cl)C1CCCn2cc(-c3ccccc3)nc21. The van der Waals surface area contributed by atoms with Gasteiger partial charge in [-0.1, -0.05) is 41.9 Å². The highest BCUT2D eigenvalue weighted by atomic mass is 35.5. The van der Waals surface area contributed by atoms with Crippen LogP contribution in [0.15, 0.2) is 54.9 Å². The summed E-state index contributed by atoms with van der Waals surface area (Å²) in [5.74, 6) is 0.223. The van der Waals surface area contributed by atoms with Gasteiger partial charge in [-0.2, -0.15) is 5.10 Å². The molecule has 0 saturated heterocycles. The van der Waals surface area contributed by atoms with Crippen LogP contribution in [-0.2, 0) is 11.3 Å². The van der Waals surface area contributed by atoms with Gasteiger partial charge in [0.1, 0.15) is 5.82 Å². The number of hydrogen-bond acceptors (Lipinski definition) is 4. The zero-order valence-electron chi connectivity index (χ0n) is 16.9. The second-order valence-corrected chi connectivity index (χ2v) is 8.35. The van der Waals surface area contributed by atoms with Crippen molar-refractivity contribution in [2.75, 3.05) is 5.32 Å². The number of amides is 1. The number of fused-ring (bicyclic) bond motifs is 2. The van der Waals surface area contributed by atoms with Gasteiger partial charge in [-0.05, 0) is 37.2 Å². The fraction of sp³-hybridized carbons (Fsp3) is 0.182. The third-order valence-corrected chi connectivity index (χ3v) is 6.11. The largest absolute Gasteiger partial charge is 0.334 e. The van der Waals surface area contributed by atoms with E-state index in [0.717, 1.165) is 47.4 Å². The first-order valence-electron chi connectivity index (χ1n) is 10.2. The lowest BCUT2D eigenvalue weighted by Crippen LogP contribution is -2.46. The Balaban J connectivity index is 1.25. The van der Waals surface area contributed by atoms with E-state index in [0.29, 0.717) is 10.7 Å². The molecule has 1 unspecified atom stereocenters. The van der Waals surface area contributed by atoms with Crippen molar-refractivity contribution < 1.29 is 4.79 Å². The van der Waals surface area contributed by atoms with Gasteiger partial charge in [0, 0.05) is 23.7 Å². The third-order valence-electron chi connectivity index (χ3n) is 5.50. The van der Waals surface area contributed by atoms with Gasteiger partial charge in [-0.25, -0.2) is 4.98 Å². The van der Waals surface area contributed by atoms with Gasteiger partial charge in [0.15, 0.2) is 5.11 Å². The van der Waals surface area contributed by atoms with Crippen LogP contribution in [0.25, 0.3) is 22.2 Å². The number of hydrazine groups is 1. The molecule has 8 nitrogen and oxygen atoms in total. The average molecular weight is 466 g/mol. The van der Waals surface area contributed by atoms with Gasteiger partial charge in [-0.15, -0.1) is 0 Å². The molecule has 0 radical (unpaired) electrons. The molecule has 4 aromatic rings. The molecule has 0 aliphatic carbocycles. The van der Waals surface area contributed by atoms with Crippen molar-refractivity contribution in [2.45, 2.75) is 25.3 Å². The molecule has 1 aliphatic heterocycles. The van der Waals surface area contributed by atoms with Crippen molar-refractivity contribution in [1.29, 1.82) is 0 Å². The predicted molar refractivity (Wildman–Crippen MR) is 128 cm³/mol. The van der Waals surface area contributed by atoms with Gasteiger partial charge in [-0.3, -0.25) is 20.7 Å². The summed E-state index contributed by atoms with van der Waals surface area (Å²) in [5.41, 5.74) is 8.82. The number of imidazole rings is 1. The van der Waals surface area contributed by atoms with E-state index in [1.807, 2.05) is 42.6 Å². The molecule has 3 heterocycles. The molecule has 1 aliphatic rings. The van der Waals surface area contributed by atoms with Crippen molar-refractivity contribution in [1.82, 2.24) is 30.6 Å². The highest BCUT2D eigenvalue weighted by Crippen LogP contribution is 2.31. The number of aromatic amines is 1. The lowest BCUT2D eigenvalue weighted by Gasteiger charge is -2.23. The van der Waals surface area contributed by atoms with Crippen LogP contribution < -0.4 is 16.2 Å². The summed E-state index contributed by atoms with van der Waals surface area (Å²) in [6, 6.07) is 13.6. The number of hydrogen-bond donors (Lipinski definition) is 4. The quantitative estimate of drug-likeness (QED) is 0.270. The number of halogens is 1. The topological polar surface area (TPSA) is 99.7 Å². The van der Waals surface area contributed by atoms with Crippen molar-refractivity contribution in [3.05, 3.63) is 65.7 Å². The number of H-pyrrole nitrogens is 1. The van der Waals surface area contributed by atoms with Crippen molar-refractivity contribution in [2.24, 2.45) is 0 Å². The van der Waals surface area contributed by atoms with Crippen molar-refractivity contribution >= 4 is 51.4 Å². The van der Waals surface area contributed by atoms with Gasteiger partial charge in [0.05, 0.1) is 34.0 Å². The molecule has 1 amide bonds. The normalized spacial score (nSPS) is 15.2. The highest BCUT2D eigenvalue weighted by molar-refractivity contribution is 7.80. The molecule has 32 heavy (non-hydrogen) atoms. The molecule has 0 spiro atoms. The van der Waals surface area contributed by atoms with E-state index in [-0.39, 0.29) is 16.9 Å². The Hall–Kier alpha value is -3.43. The Kier molecular flexibility index (Phi) is 5.50. The van der Waals surface area contributed by atoms with E-state index in [4.69, 9.17) is 28.8 Å². The third kappa shape index (κ3) is 3.92. The van der Waals surface area contributed by atoms with Crippen LogP contribution in [0.3, 0.4) is 0 Å². The molecule has 1 atom stereocenters. The van der Waals surface area contributed by atoms with Gasteiger partial charge < -0.3 is 9.88 Å². The first-order valence-corrected chi connectivity index (χ1v) is 11.0. The number of anilines is 1. The Morgan fingerprint density at radius 1 is 1.19 bits per heavy atom. The first-order chi connectivity index (χ1) is 15.6. The minimum atomic E-state index is -0.359. The zero-order valence-corrected chi connectivity index (χ0v) is 18.5. The fourth-order valence-corrected chi connectivity index (χ4v) is 4.34. The average Bonchev–Trinajstić information content (AvgIpc) is 3.47. The number of aryl methyl sites for hydroxylation is 1. The van der Waals surface area contributed by atoms with E-state index >= 15 is 0 Å². The molecule has 0 fully saturated rings. The molecule has 10 heteroatoms. The van der Waals surface area contributed by atoms with Crippen LogP contribution in [0, 0.1) is 0 Å². The number of carbonyl (C=O) groups is 1. The van der Waals surface area contributed by atoms with Gasteiger partial charge in [0.25, 0.3) is 0 Å². The summed E-state index contributed by atoms with van der Waals surface area (Å²) in [4.78, 5) is 17.7. The number of nitrogens with zero attached hydrogens (tertiary/aromatic N) is 3. The minimum Gasteiger partial charge on any atom is -0.334 e. The Morgan fingerprint density at radius 3 is 2.88 bits per heavy atom. The maximum absolute atomic E-state index is 12.9. The molecule has 162 valence electrons. The standard InChI is InChI=1S/C22H20ClN7OS/c23-19-15-11-24-27-16(15)8-9-17(19)26-22(32)29-28-21(31)14-7-4-10-30-12-18(25-20(14)30)13-5-2-1-3-6-13/h1-3,5-6,8-9,11-12,14H,4,7,10H2,(H,24,27)(H,28,31)(H2,26,29,32).